The molecule has 1 N–H and O–H groups in total. The molecule has 0 unspecified atom stereocenters. The molecule has 0 saturated carbocycles. The van der Waals surface area contributed by atoms with Crippen LogP contribution in [0.1, 0.15) is 25.3 Å². The van der Waals surface area contributed by atoms with Crippen molar-refractivity contribution in [2.24, 2.45) is 0 Å². The van der Waals surface area contributed by atoms with E-state index in [9.17, 15) is 4.39 Å². The summed E-state index contributed by atoms with van der Waals surface area (Å²) in [4.78, 5) is 7.35. The van der Waals surface area contributed by atoms with Gasteiger partial charge in [-0.1, -0.05) is 26.0 Å². The molecular formula is C13H13ClFN3. The molecular weight excluding hydrogens is 253 g/mol. The van der Waals surface area contributed by atoms with Crippen LogP contribution in [0, 0.1) is 5.82 Å². The average Bonchev–Trinajstić information content (AvgIpc) is 2.34. The SMILES string of the molecule is CC(C)c1ccc(Nc2nc(Cl)ncc2F)cc1. The van der Waals surface area contributed by atoms with E-state index in [1.165, 1.54) is 5.56 Å². The van der Waals surface area contributed by atoms with Crippen LogP contribution in [0.15, 0.2) is 30.5 Å². The number of nitrogens with one attached hydrogen (secondary N) is 1. The van der Waals surface area contributed by atoms with Crippen LogP contribution in [0.5, 0.6) is 0 Å². The molecule has 3 nitrogen and oxygen atoms in total. The second-order valence-corrected chi connectivity index (χ2v) is 4.58. The Labute approximate surface area is 110 Å². The zero-order valence-corrected chi connectivity index (χ0v) is 10.9. The van der Waals surface area contributed by atoms with Crippen LogP contribution in [0.25, 0.3) is 0 Å². The van der Waals surface area contributed by atoms with Crippen molar-refractivity contribution < 1.29 is 4.39 Å². The smallest absolute Gasteiger partial charge is 0.224 e. The lowest BCUT2D eigenvalue weighted by Crippen LogP contribution is -1.99. The summed E-state index contributed by atoms with van der Waals surface area (Å²) in [5, 5.41) is 2.88. The maximum Gasteiger partial charge on any atom is 0.224 e. The molecule has 1 aromatic carbocycles. The van der Waals surface area contributed by atoms with E-state index >= 15 is 0 Å². The number of hydrogen-bond donors (Lipinski definition) is 1. The van der Waals surface area contributed by atoms with E-state index in [1.54, 1.807) is 0 Å². The van der Waals surface area contributed by atoms with Gasteiger partial charge in [0.15, 0.2) is 11.6 Å². The molecule has 1 heterocycles. The summed E-state index contributed by atoms with van der Waals surface area (Å²) in [5.74, 6) is 0.00362. The van der Waals surface area contributed by atoms with E-state index in [0.717, 1.165) is 11.9 Å². The number of nitrogens with zero attached hydrogens (tertiary/aromatic N) is 2. The lowest BCUT2D eigenvalue weighted by atomic mass is 10.0. The van der Waals surface area contributed by atoms with Gasteiger partial charge in [-0.15, -0.1) is 0 Å². The highest BCUT2D eigenvalue weighted by atomic mass is 35.5. The first-order valence-electron chi connectivity index (χ1n) is 5.61. The zero-order valence-electron chi connectivity index (χ0n) is 10.1. The van der Waals surface area contributed by atoms with Crippen LogP contribution in [0.2, 0.25) is 5.28 Å². The zero-order chi connectivity index (χ0) is 13.1. The second-order valence-electron chi connectivity index (χ2n) is 4.24. The number of benzene rings is 1. The van der Waals surface area contributed by atoms with Gasteiger partial charge < -0.3 is 5.32 Å². The summed E-state index contributed by atoms with van der Waals surface area (Å²) in [6.45, 7) is 4.23. The predicted molar refractivity (Wildman–Crippen MR) is 70.8 cm³/mol. The Morgan fingerprint density at radius 1 is 1.22 bits per heavy atom. The minimum absolute atomic E-state index is 0.0118. The molecule has 94 valence electrons. The highest BCUT2D eigenvalue weighted by Crippen LogP contribution is 2.21. The molecule has 0 atom stereocenters. The molecule has 0 aliphatic rings. The maximum absolute atomic E-state index is 13.4. The topological polar surface area (TPSA) is 37.8 Å². The highest BCUT2D eigenvalue weighted by molar-refractivity contribution is 6.28. The molecule has 0 fully saturated rings. The predicted octanol–water partition coefficient (Wildman–Crippen LogP) is 4.14. The largest absolute Gasteiger partial charge is 0.338 e. The van der Waals surface area contributed by atoms with E-state index in [4.69, 9.17) is 11.6 Å². The van der Waals surface area contributed by atoms with Gasteiger partial charge in [0.1, 0.15) is 0 Å². The van der Waals surface area contributed by atoms with E-state index in [-0.39, 0.29) is 11.1 Å². The van der Waals surface area contributed by atoms with Gasteiger partial charge in [-0.25, -0.2) is 9.37 Å². The third kappa shape index (κ3) is 2.96. The molecule has 5 heteroatoms. The van der Waals surface area contributed by atoms with Crippen LogP contribution in [0.3, 0.4) is 0 Å². The van der Waals surface area contributed by atoms with Crippen LogP contribution < -0.4 is 5.32 Å². The minimum atomic E-state index is -0.535. The van der Waals surface area contributed by atoms with Gasteiger partial charge >= 0.3 is 0 Å². The number of hydrogen-bond acceptors (Lipinski definition) is 3. The Morgan fingerprint density at radius 2 is 1.89 bits per heavy atom. The van der Waals surface area contributed by atoms with Crippen LogP contribution in [0.4, 0.5) is 15.9 Å². The Morgan fingerprint density at radius 3 is 2.50 bits per heavy atom. The number of aromatic nitrogens is 2. The van der Waals surface area contributed by atoms with Crippen molar-refractivity contribution in [1.82, 2.24) is 9.97 Å². The summed E-state index contributed by atoms with van der Waals surface area (Å²) in [6, 6.07) is 7.75. The molecule has 0 aliphatic heterocycles. The lowest BCUT2D eigenvalue weighted by Gasteiger charge is -2.09. The van der Waals surface area contributed by atoms with Crippen molar-refractivity contribution in [3.63, 3.8) is 0 Å². The lowest BCUT2D eigenvalue weighted by molar-refractivity contribution is 0.619. The Balaban J connectivity index is 2.21. The van der Waals surface area contributed by atoms with Gasteiger partial charge in [0.05, 0.1) is 6.20 Å². The molecule has 0 radical (unpaired) electrons. The van der Waals surface area contributed by atoms with Gasteiger partial charge in [0.25, 0.3) is 0 Å². The van der Waals surface area contributed by atoms with Gasteiger partial charge in [-0.05, 0) is 35.2 Å². The minimum Gasteiger partial charge on any atom is -0.338 e. The fraction of sp³-hybridized carbons (Fsp3) is 0.231. The van der Waals surface area contributed by atoms with Crippen LogP contribution >= 0.6 is 11.6 Å². The number of halogens is 2. The summed E-state index contributed by atoms with van der Waals surface area (Å²) < 4.78 is 13.4. The number of anilines is 2. The van der Waals surface area contributed by atoms with Gasteiger partial charge in [0.2, 0.25) is 5.28 Å². The van der Waals surface area contributed by atoms with E-state index in [0.29, 0.717) is 5.92 Å². The fourth-order valence-electron chi connectivity index (χ4n) is 1.52. The standard InChI is InChI=1S/C13H13ClFN3/c1-8(2)9-3-5-10(6-4-9)17-12-11(15)7-16-13(14)18-12/h3-8H,1-2H3,(H,16,17,18). The first-order valence-corrected chi connectivity index (χ1v) is 5.99. The Hall–Kier alpha value is -1.68. The van der Waals surface area contributed by atoms with Crippen molar-refractivity contribution in [3.05, 3.63) is 47.1 Å². The van der Waals surface area contributed by atoms with Crippen molar-refractivity contribution >= 4 is 23.1 Å². The summed E-state index contributed by atoms with van der Waals surface area (Å²) in [6.07, 6.45) is 1.04. The fourth-order valence-corrected chi connectivity index (χ4v) is 1.65. The van der Waals surface area contributed by atoms with E-state index in [2.05, 4.69) is 29.1 Å². The van der Waals surface area contributed by atoms with Crippen molar-refractivity contribution in [1.29, 1.82) is 0 Å². The first-order chi connectivity index (χ1) is 8.56. The van der Waals surface area contributed by atoms with E-state index in [1.807, 2.05) is 24.3 Å². The Kier molecular flexibility index (Phi) is 3.77. The average molecular weight is 266 g/mol. The van der Waals surface area contributed by atoms with Crippen LogP contribution in [-0.2, 0) is 0 Å². The van der Waals surface area contributed by atoms with Crippen molar-refractivity contribution in [2.45, 2.75) is 19.8 Å². The normalized spacial score (nSPS) is 10.7. The molecule has 2 aromatic rings. The second kappa shape index (κ2) is 5.31. The molecule has 1 aromatic heterocycles. The van der Waals surface area contributed by atoms with Gasteiger partial charge in [-0.2, -0.15) is 4.98 Å². The van der Waals surface area contributed by atoms with Crippen molar-refractivity contribution in [2.75, 3.05) is 5.32 Å². The highest BCUT2D eigenvalue weighted by Gasteiger charge is 2.06. The number of rotatable bonds is 3. The molecule has 0 aliphatic carbocycles. The molecule has 0 spiro atoms. The summed E-state index contributed by atoms with van der Waals surface area (Å²) in [7, 11) is 0. The third-order valence-electron chi connectivity index (χ3n) is 2.55. The Bertz CT molecular complexity index is 540. The van der Waals surface area contributed by atoms with Gasteiger partial charge in [0, 0.05) is 5.69 Å². The quantitative estimate of drug-likeness (QED) is 0.848. The summed E-state index contributed by atoms with van der Waals surface area (Å²) >= 11 is 5.62. The molecule has 2 rings (SSSR count). The van der Waals surface area contributed by atoms with Crippen LogP contribution in [-0.4, -0.2) is 9.97 Å². The molecule has 0 saturated heterocycles. The molecule has 0 amide bonds. The molecule has 18 heavy (non-hydrogen) atoms. The maximum atomic E-state index is 13.4. The summed E-state index contributed by atoms with van der Waals surface area (Å²) in [5.41, 5.74) is 1.98. The van der Waals surface area contributed by atoms with E-state index < -0.39 is 5.82 Å². The third-order valence-corrected chi connectivity index (χ3v) is 2.74. The monoisotopic (exact) mass is 265 g/mol. The van der Waals surface area contributed by atoms with Crippen molar-refractivity contribution in [3.8, 4) is 0 Å². The molecule has 0 bridgehead atoms. The van der Waals surface area contributed by atoms with Gasteiger partial charge in [-0.3, -0.25) is 0 Å². The first kappa shape index (κ1) is 12.8.